The lowest BCUT2D eigenvalue weighted by atomic mass is 9.67. The van der Waals surface area contributed by atoms with Gasteiger partial charge in [-0.05, 0) is 61.8 Å². The largest absolute Gasteiger partial charge is 0.459 e. The predicted molar refractivity (Wildman–Crippen MR) is 114 cm³/mol. The van der Waals surface area contributed by atoms with E-state index < -0.39 is 0 Å². The van der Waals surface area contributed by atoms with Crippen LogP contribution in [-0.2, 0) is 0 Å². The molecule has 1 aromatic heterocycles. The van der Waals surface area contributed by atoms with E-state index in [1.807, 2.05) is 12.1 Å². The van der Waals surface area contributed by atoms with Crippen molar-refractivity contribution < 1.29 is 14.0 Å². The number of fused-ring (bicyclic) bond motifs is 2. The van der Waals surface area contributed by atoms with Gasteiger partial charge in [0.1, 0.15) is 0 Å². The maximum Gasteiger partial charge on any atom is 0.293 e. The average molecular weight is 418 g/mol. The Hall–Kier alpha value is -2.31. The number of halogens is 1. The summed E-state index contributed by atoms with van der Waals surface area (Å²) < 4.78 is 5.22. The third-order valence-electron chi connectivity index (χ3n) is 6.22. The normalized spacial score (nSPS) is 25.6. The van der Waals surface area contributed by atoms with Crippen LogP contribution in [0.1, 0.15) is 53.0 Å². The zero-order chi connectivity index (χ0) is 19.7. The first-order chi connectivity index (χ1) is 13.5. The van der Waals surface area contributed by atoms with Gasteiger partial charge in [-0.1, -0.05) is 18.6 Å². The molecular weight excluding hydrogens is 390 g/mol. The van der Waals surface area contributed by atoms with Gasteiger partial charge in [0.2, 0.25) is 0 Å². The van der Waals surface area contributed by atoms with Gasteiger partial charge in [-0.3, -0.25) is 9.59 Å². The van der Waals surface area contributed by atoms with Gasteiger partial charge in [0.15, 0.2) is 5.76 Å². The number of amides is 2. The Morgan fingerprint density at radius 2 is 1.79 bits per heavy atom. The molecule has 2 unspecified atom stereocenters. The summed E-state index contributed by atoms with van der Waals surface area (Å²) in [5.74, 6) is 0.716. The van der Waals surface area contributed by atoms with Gasteiger partial charge < -0.3 is 20.4 Å². The van der Waals surface area contributed by atoms with Crippen molar-refractivity contribution in [2.75, 3.05) is 11.9 Å². The summed E-state index contributed by atoms with van der Waals surface area (Å²) in [5, 5.41) is 3.27. The molecule has 2 aliphatic carbocycles. The van der Waals surface area contributed by atoms with Crippen molar-refractivity contribution in [2.45, 2.75) is 44.2 Å². The molecular formula is C22H28ClN3O3. The van der Waals surface area contributed by atoms with E-state index in [9.17, 15) is 9.59 Å². The van der Waals surface area contributed by atoms with Crippen molar-refractivity contribution in [2.24, 2.45) is 17.6 Å². The molecule has 1 aromatic carbocycles. The lowest BCUT2D eigenvalue weighted by Gasteiger charge is -2.45. The first-order valence-electron chi connectivity index (χ1n) is 10.0. The topological polar surface area (TPSA) is 88.6 Å². The van der Waals surface area contributed by atoms with Crippen molar-refractivity contribution >= 4 is 29.9 Å². The molecule has 0 saturated heterocycles. The minimum atomic E-state index is -0.286. The monoisotopic (exact) mass is 417 g/mol. The summed E-state index contributed by atoms with van der Waals surface area (Å²) in [6.07, 6.45) is 6.86. The van der Waals surface area contributed by atoms with Crippen LogP contribution in [0.25, 0.3) is 0 Å². The highest BCUT2D eigenvalue weighted by molar-refractivity contribution is 6.09. The first-order valence-corrected chi connectivity index (χ1v) is 10.0. The maximum atomic E-state index is 13.2. The van der Waals surface area contributed by atoms with Gasteiger partial charge in [-0.15, -0.1) is 12.4 Å². The summed E-state index contributed by atoms with van der Waals surface area (Å²) in [4.78, 5) is 27.3. The smallest absolute Gasteiger partial charge is 0.293 e. The molecule has 2 bridgehead atoms. The van der Waals surface area contributed by atoms with Crippen LogP contribution >= 0.6 is 12.4 Å². The second kappa shape index (κ2) is 9.01. The van der Waals surface area contributed by atoms with Crippen molar-refractivity contribution in [3.8, 4) is 0 Å². The molecule has 2 saturated carbocycles. The van der Waals surface area contributed by atoms with E-state index in [-0.39, 0.29) is 42.1 Å². The number of furan rings is 1. The van der Waals surface area contributed by atoms with Crippen LogP contribution in [-0.4, -0.2) is 30.9 Å². The zero-order valence-corrected chi connectivity index (χ0v) is 17.4. The summed E-state index contributed by atoms with van der Waals surface area (Å²) in [6, 6.07) is 10.9. The lowest BCUT2D eigenvalue weighted by molar-refractivity contribution is 0.0756. The van der Waals surface area contributed by atoms with E-state index in [0.717, 1.165) is 25.7 Å². The Morgan fingerprint density at radius 1 is 1.10 bits per heavy atom. The number of nitrogens with zero attached hydrogens (tertiary/aromatic N) is 1. The second-order valence-electron chi connectivity index (χ2n) is 8.04. The number of carbonyl (C=O) groups excluding carboxylic acids is 2. The Balaban J connectivity index is 0.00000240. The third kappa shape index (κ3) is 4.33. The molecule has 29 heavy (non-hydrogen) atoms. The molecule has 2 amide bonds. The van der Waals surface area contributed by atoms with Gasteiger partial charge in [0.05, 0.1) is 17.5 Å². The predicted octanol–water partition coefficient (Wildman–Crippen LogP) is 3.61. The fraction of sp³-hybridized carbons (Fsp3) is 0.455. The number of hydrogen-bond acceptors (Lipinski definition) is 4. The van der Waals surface area contributed by atoms with Gasteiger partial charge >= 0.3 is 0 Å². The molecule has 6 nitrogen and oxygen atoms in total. The van der Waals surface area contributed by atoms with Gasteiger partial charge in [0, 0.05) is 19.1 Å². The number of carbonyl (C=O) groups is 2. The zero-order valence-electron chi connectivity index (χ0n) is 16.5. The Kier molecular flexibility index (Phi) is 6.65. The minimum Gasteiger partial charge on any atom is -0.459 e. The van der Waals surface area contributed by atoms with E-state index in [4.69, 9.17) is 10.2 Å². The quantitative estimate of drug-likeness (QED) is 0.795. The second-order valence-corrected chi connectivity index (χ2v) is 8.04. The average Bonchev–Trinajstić information content (AvgIpc) is 3.22. The van der Waals surface area contributed by atoms with Crippen LogP contribution in [0.4, 0.5) is 5.69 Å². The van der Waals surface area contributed by atoms with E-state index in [2.05, 4.69) is 5.32 Å². The minimum absolute atomic E-state index is 0. The standard InChI is InChI=1S/C22H27N3O3.ClH/c1-25(22(27)19-10-5-11-28-19)18-9-3-2-8-17(18)21(26)24-20-14-6-4-7-15(20)13-16(23)12-14;/h2-3,5,8-11,14-16,20H,4,6-7,12-13,23H2,1H3,(H,24,26);1H. The highest BCUT2D eigenvalue weighted by Gasteiger charge is 2.40. The fourth-order valence-electron chi connectivity index (χ4n) is 4.89. The number of benzene rings is 1. The van der Waals surface area contributed by atoms with Crippen molar-refractivity contribution in [3.05, 3.63) is 54.0 Å². The molecule has 4 rings (SSSR count). The van der Waals surface area contributed by atoms with Crippen molar-refractivity contribution in [1.29, 1.82) is 0 Å². The molecule has 0 radical (unpaired) electrons. The molecule has 2 fully saturated rings. The van der Waals surface area contributed by atoms with Crippen molar-refractivity contribution in [1.82, 2.24) is 5.32 Å². The SMILES string of the molecule is CN(C(=O)c1ccco1)c1ccccc1C(=O)NC1C2CCCC1CC(N)C2.Cl. The van der Waals surface area contributed by atoms with Crippen LogP contribution in [0, 0.1) is 11.8 Å². The molecule has 2 aliphatic rings. The Morgan fingerprint density at radius 3 is 2.45 bits per heavy atom. The van der Waals surface area contributed by atoms with Crippen LogP contribution in [0.5, 0.6) is 0 Å². The number of nitrogens with two attached hydrogens (primary N) is 1. The van der Waals surface area contributed by atoms with Crippen molar-refractivity contribution in [3.63, 3.8) is 0 Å². The van der Waals surface area contributed by atoms with Gasteiger partial charge in [-0.2, -0.15) is 0 Å². The van der Waals surface area contributed by atoms with Crippen LogP contribution < -0.4 is 16.0 Å². The molecule has 1 heterocycles. The molecule has 0 aliphatic heterocycles. The summed E-state index contributed by atoms with van der Waals surface area (Å²) in [5.41, 5.74) is 7.27. The highest BCUT2D eigenvalue weighted by atomic mass is 35.5. The van der Waals surface area contributed by atoms with Crippen LogP contribution in [0.15, 0.2) is 47.1 Å². The van der Waals surface area contributed by atoms with E-state index in [1.165, 1.54) is 17.6 Å². The maximum absolute atomic E-state index is 13.2. The Bertz CT molecular complexity index is 841. The van der Waals surface area contributed by atoms with E-state index in [0.29, 0.717) is 23.1 Å². The summed E-state index contributed by atoms with van der Waals surface area (Å²) >= 11 is 0. The molecule has 0 spiro atoms. The third-order valence-corrected chi connectivity index (χ3v) is 6.22. The number of nitrogens with one attached hydrogen (secondary N) is 1. The number of rotatable bonds is 4. The number of para-hydroxylation sites is 1. The van der Waals surface area contributed by atoms with Gasteiger partial charge in [-0.25, -0.2) is 0 Å². The fourth-order valence-corrected chi connectivity index (χ4v) is 4.89. The molecule has 7 heteroatoms. The molecule has 156 valence electrons. The summed E-state index contributed by atoms with van der Waals surface area (Å²) in [6.45, 7) is 0. The summed E-state index contributed by atoms with van der Waals surface area (Å²) in [7, 11) is 1.66. The van der Waals surface area contributed by atoms with Crippen LogP contribution in [0.2, 0.25) is 0 Å². The van der Waals surface area contributed by atoms with Gasteiger partial charge in [0.25, 0.3) is 11.8 Å². The van der Waals surface area contributed by atoms with Crippen LogP contribution in [0.3, 0.4) is 0 Å². The first kappa shape index (κ1) is 21.4. The number of anilines is 1. The molecule has 2 aromatic rings. The molecule has 3 N–H and O–H groups in total. The lowest BCUT2D eigenvalue weighted by Crippen LogP contribution is -2.53. The number of hydrogen-bond donors (Lipinski definition) is 2. The Labute approximate surface area is 177 Å². The van der Waals surface area contributed by atoms with E-state index in [1.54, 1.807) is 31.3 Å². The van der Waals surface area contributed by atoms with E-state index >= 15 is 0 Å². The molecule has 2 atom stereocenters. The highest BCUT2D eigenvalue weighted by Crippen LogP contribution is 2.40.